The maximum absolute atomic E-state index is 11.3. The molecule has 0 heterocycles. The van der Waals surface area contributed by atoms with E-state index in [1.165, 1.54) is 4.90 Å². The van der Waals surface area contributed by atoms with E-state index in [1.807, 2.05) is 18.8 Å². The van der Waals surface area contributed by atoms with Crippen molar-refractivity contribution < 1.29 is 5.11 Å². The minimum Gasteiger partial charge on any atom is -0.290 e. The van der Waals surface area contributed by atoms with Crippen LogP contribution in [0.4, 0.5) is 0 Å². The molecule has 0 aliphatic rings. The van der Waals surface area contributed by atoms with E-state index in [0.717, 1.165) is 9.79 Å². The van der Waals surface area contributed by atoms with E-state index >= 15 is 0 Å². The van der Waals surface area contributed by atoms with Crippen LogP contribution in [0.2, 0.25) is 0 Å². The summed E-state index contributed by atoms with van der Waals surface area (Å²) in [6, 6.07) is 3.41. The van der Waals surface area contributed by atoms with Crippen molar-refractivity contribution in [2.24, 2.45) is 0 Å². The monoisotopic (exact) mass is 231 g/mol. The van der Waals surface area contributed by atoms with Crippen LogP contribution in [-0.2, 0) is 5.11 Å². The predicted octanol–water partition coefficient (Wildman–Crippen LogP) is 4.00. The molecule has 4 heteroatoms. The van der Waals surface area contributed by atoms with Gasteiger partial charge >= 0.3 is 0 Å². The minimum absolute atomic E-state index is 0.103. The number of benzene rings is 1. The summed E-state index contributed by atoms with van der Waals surface area (Å²) in [6.07, 6.45) is 6.04. The molecule has 0 aliphatic carbocycles. The number of rotatable bonds is 3. The van der Waals surface area contributed by atoms with Gasteiger partial charge in [0.25, 0.3) is 0 Å². The first-order chi connectivity index (χ1) is 6.22. The Morgan fingerprint density at radius 2 is 1.38 bits per heavy atom. The van der Waals surface area contributed by atoms with Gasteiger partial charge in [-0.05, 0) is 18.8 Å². The molecular weight excluding hydrogens is 220 g/mol. The van der Waals surface area contributed by atoms with E-state index in [1.54, 1.807) is 47.4 Å². The Kier molecular flexibility index (Phi) is 4.35. The quantitative estimate of drug-likeness (QED) is 0.733. The van der Waals surface area contributed by atoms with Crippen molar-refractivity contribution in [2.45, 2.75) is 14.7 Å². The van der Waals surface area contributed by atoms with E-state index in [4.69, 9.17) is 0 Å². The SMILES string of the molecule is CSc1cc([O])cc(SC)c1SC. The Labute approximate surface area is 91.7 Å². The summed E-state index contributed by atoms with van der Waals surface area (Å²) in [6.45, 7) is 0. The molecule has 0 aromatic heterocycles. The van der Waals surface area contributed by atoms with Gasteiger partial charge in [-0.15, -0.1) is 35.3 Å². The van der Waals surface area contributed by atoms with Crippen molar-refractivity contribution in [2.75, 3.05) is 18.8 Å². The average molecular weight is 231 g/mol. The van der Waals surface area contributed by atoms with Crippen LogP contribution in [0.5, 0.6) is 5.75 Å². The Hall–Kier alpha value is 0.0700. The Balaban J connectivity index is 3.25. The van der Waals surface area contributed by atoms with Crippen molar-refractivity contribution in [1.82, 2.24) is 0 Å². The van der Waals surface area contributed by atoms with Gasteiger partial charge in [-0.25, -0.2) is 0 Å². The molecule has 0 N–H and O–H groups in total. The van der Waals surface area contributed by atoms with Crippen LogP contribution in [0.1, 0.15) is 0 Å². The summed E-state index contributed by atoms with van der Waals surface area (Å²) < 4.78 is 0. The third kappa shape index (κ3) is 2.51. The number of thioether (sulfide) groups is 3. The third-order valence-electron chi connectivity index (χ3n) is 1.64. The lowest BCUT2D eigenvalue weighted by Gasteiger charge is -2.08. The Morgan fingerprint density at radius 3 is 1.69 bits per heavy atom. The Bertz CT molecular complexity index is 274. The van der Waals surface area contributed by atoms with E-state index in [9.17, 15) is 5.11 Å². The molecule has 1 aromatic rings. The van der Waals surface area contributed by atoms with Gasteiger partial charge in [0.05, 0.1) is 0 Å². The molecular formula is C9H11OS3. The smallest absolute Gasteiger partial charge is 0.180 e. The summed E-state index contributed by atoms with van der Waals surface area (Å²) in [4.78, 5) is 3.40. The van der Waals surface area contributed by atoms with Gasteiger partial charge in [-0.3, -0.25) is 5.11 Å². The zero-order valence-electron chi connectivity index (χ0n) is 7.79. The summed E-state index contributed by atoms with van der Waals surface area (Å²) >= 11 is 4.96. The van der Waals surface area contributed by atoms with Crippen molar-refractivity contribution >= 4 is 35.3 Å². The van der Waals surface area contributed by atoms with Crippen LogP contribution in [0.15, 0.2) is 26.8 Å². The highest BCUT2D eigenvalue weighted by molar-refractivity contribution is 8.03. The highest BCUT2D eigenvalue weighted by Crippen LogP contribution is 2.38. The molecule has 0 amide bonds. The van der Waals surface area contributed by atoms with Crippen molar-refractivity contribution in [3.63, 3.8) is 0 Å². The first-order valence-corrected chi connectivity index (χ1v) is 7.37. The van der Waals surface area contributed by atoms with Crippen LogP contribution >= 0.6 is 35.3 Å². The predicted molar refractivity (Wildman–Crippen MR) is 61.9 cm³/mol. The van der Waals surface area contributed by atoms with Crippen molar-refractivity contribution in [3.05, 3.63) is 12.1 Å². The second-order valence-electron chi connectivity index (χ2n) is 2.36. The van der Waals surface area contributed by atoms with Crippen LogP contribution in [-0.4, -0.2) is 18.8 Å². The fourth-order valence-corrected chi connectivity index (χ4v) is 3.70. The van der Waals surface area contributed by atoms with E-state index < -0.39 is 0 Å². The number of hydrogen-bond acceptors (Lipinski definition) is 3. The van der Waals surface area contributed by atoms with Gasteiger partial charge in [0, 0.05) is 26.8 Å². The van der Waals surface area contributed by atoms with Gasteiger partial charge in [0.2, 0.25) is 0 Å². The highest BCUT2D eigenvalue weighted by Gasteiger charge is 2.09. The average Bonchev–Trinajstić information content (AvgIpc) is 2.16. The van der Waals surface area contributed by atoms with Gasteiger partial charge in [0.15, 0.2) is 5.75 Å². The summed E-state index contributed by atoms with van der Waals surface area (Å²) in [5.74, 6) is 0.103. The summed E-state index contributed by atoms with van der Waals surface area (Å²) in [5.41, 5.74) is 0. The molecule has 1 aromatic carbocycles. The molecule has 13 heavy (non-hydrogen) atoms. The maximum Gasteiger partial charge on any atom is 0.180 e. The topological polar surface area (TPSA) is 19.9 Å². The summed E-state index contributed by atoms with van der Waals surface area (Å²) in [7, 11) is 0. The van der Waals surface area contributed by atoms with Crippen molar-refractivity contribution in [3.8, 4) is 5.75 Å². The number of hydrogen-bond donors (Lipinski definition) is 0. The van der Waals surface area contributed by atoms with Gasteiger partial charge in [-0.1, -0.05) is 0 Å². The molecule has 1 rings (SSSR count). The standard InChI is InChI=1S/C9H11OS3/c1-11-7-4-6(10)5-8(12-2)9(7)13-3/h4-5H,1-3H3. The van der Waals surface area contributed by atoms with E-state index in [0.29, 0.717) is 0 Å². The van der Waals surface area contributed by atoms with Crippen LogP contribution < -0.4 is 0 Å². The van der Waals surface area contributed by atoms with Gasteiger partial charge in [0.1, 0.15) is 0 Å². The lowest BCUT2D eigenvalue weighted by atomic mass is 10.3. The van der Waals surface area contributed by atoms with Crippen LogP contribution in [0, 0.1) is 0 Å². The van der Waals surface area contributed by atoms with Crippen LogP contribution in [0.25, 0.3) is 0 Å². The largest absolute Gasteiger partial charge is 0.290 e. The normalized spacial score (nSPS) is 10.4. The molecule has 0 saturated heterocycles. The second-order valence-corrected chi connectivity index (χ2v) is 4.87. The molecule has 0 bridgehead atoms. The zero-order chi connectivity index (χ0) is 9.84. The maximum atomic E-state index is 11.3. The fraction of sp³-hybridized carbons (Fsp3) is 0.333. The molecule has 0 unspecified atom stereocenters. The van der Waals surface area contributed by atoms with Gasteiger partial charge < -0.3 is 0 Å². The van der Waals surface area contributed by atoms with E-state index in [-0.39, 0.29) is 5.75 Å². The molecule has 1 nitrogen and oxygen atoms in total. The van der Waals surface area contributed by atoms with E-state index in [2.05, 4.69) is 0 Å². The molecule has 1 radical (unpaired) electrons. The lowest BCUT2D eigenvalue weighted by molar-refractivity contribution is 0.352. The van der Waals surface area contributed by atoms with Crippen LogP contribution in [0.3, 0.4) is 0 Å². The molecule has 0 atom stereocenters. The fourth-order valence-electron chi connectivity index (χ4n) is 1.06. The molecule has 71 valence electrons. The first-order valence-electron chi connectivity index (χ1n) is 3.70. The highest BCUT2D eigenvalue weighted by atomic mass is 32.2. The van der Waals surface area contributed by atoms with Crippen molar-refractivity contribution in [1.29, 1.82) is 0 Å². The van der Waals surface area contributed by atoms with Gasteiger partial charge in [-0.2, -0.15) is 0 Å². The first kappa shape index (κ1) is 11.1. The lowest BCUT2D eigenvalue weighted by Crippen LogP contribution is -1.81. The third-order valence-corrected chi connectivity index (χ3v) is 4.27. The zero-order valence-corrected chi connectivity index (χ0v) is 10.2. The summed E-state index contributed by atoms with van der Waals surface area (Å²) in [5, 5.41) is 11.3. The Morgan fingerprint density at radius 1 is 0.923 bits per heavy atom. The minimum atomic E-state index is 0.103. The molecule has 0 spiro atoms. The molecule has 0 saturated carbocycles. The molecule has 0 aliphatic heterocycles. The second kappa shape index (κ2) is 5.08. The molecule has 0 fully saturated rings.